The zero-order valence-corrected chi connectivity index (χ0v) is 12.4. The summed E-state index contributed by atoms with van der Waals surface area (Å²) in [5.74, 6) is 0. The molecule has 0 aliphatic heterocycles. The van der Waals surface area contributed by atoms with Gasteiger partial charge in [0.25, 0.3) is 0 Å². The number of hydrogen-bond acceptors (Lipinski definition) is 3. The van der Waals surface area contributed by atoms with Gasteiger partial charge in [0.15, 0.2) is 0 Å². The van der Waals surface area contributed by atoms with Gasteiger partial charge < -0.3 is 5.32 Å². The van der Waals surface area contributed by atoms with Gasteiger partial charge in [-0.15, -0.1) is 0 Å². The van der Waals surface area contributed by atoms with Crippen molar-refractivity contribution in [3.05, 3.63) is 34.9 Å². The average Bonchev–Trinajstić information content (AvgIpc) is 2.91. The van der Waals surface area contributed by atoms with Crippen LogP contribution in [-0.4, -0.2) is 19.6 Å². The van der Waals surface area contributed by atoms with E-state index in [0.717, 1.165) is 22.0 Å². The van der Waals surface area contributed by atoms with Gasteiger partial charge in [0.05, 0.1) is 11.9 Å². The summed E-state index contributed by atoms with van der Waals surface area (Å²) in [5, 5.41) is 11.2. The molecule has 1 atom stereocenters. The molecule has 0 aliphatic rings. The van der Waals surface area contributed by atoms with Crippen LogP contribution in [0.5, 0.6) is 0 Å². The van der Waals surface area contributed by atoms with Gasteiger partial charge in [-0.3, -0.25) is 9.36 Å². The van der Waals surface area contributed by atoms with Crippen molar-refractivity contribution in [3.8, 4) is 0 Å². The summed E-state index contributed by atoms with van der Waals surface area (Å²) in [7, 11) is 3.14. The summed E-state index contributed by atoms with van der Waals surface area (Å²) in [6.45, 7) is 4.15. The van der Waals surface area contributed by atoms with Gasteiger partial charge in [0.1, 0.15) is 5.69 Å². The normalized spacial score (nSPS) is 13.7. The first-order chi connectivity index (χ1) is 9.70. The van der Waals surface area contributed by atoms with Crippen molar-refractivity contribution in [1.29, 1.82) is 0 Å². The van der Waals surface area contributed by atoms with Crippen molar-refractivity contribution in [3.63, 3.8) is 0 Å². The maximum Gasteiger partial charge on any atom is 0.433 e. The van der Waals surface area contributed by atoms with E-state index < -0.39 is 11.9 Å². The molecule has 5 nitrogen and oxygen atoms in total. The minimum absolute atomic E-state index is 0.0185. The Balaban J connectivity index is 2.05. The first-order valence-corrected chi connectivity index (χ1v) is 6.52. The van der Waals surface area contributed by atoms with Crippen molar-refractivity contribution < 1.29 is 13.2 Å². The molecule has 116 valence electrons. The lowest BCUT2D eigenvalue weighted by molar-refractivity contribution is -0.143. The molecule has 2 aromatic rings. The highest BCUT2D eigenvalue weighted by atomic mass is 19.4. The minimum atomic E-state index is -4.38. The number of nitrogens with zero attached hydrogens (tertiary/aromatic N) is 4. The molecule has 21 heavy (non-hydrogen) atoms. The fraction of sp³-hybridized carbons (Fsp3) is 0.538. The Labute approximate surface area is 120 Å². The smallest absolute Gasteiger partial charge is 0.304 e. The first-order valence-electron chi connectivity index (χ1n) is 6.52. The lowest BCUT2D eigenvalue weighted by atomic mass is 10.1. The zero-order chi connectivity index (χ0) is 15.8. The van der Waals surface area contributed by atoms with E-state index in [1.807, 2.05) is 20.9 Å². The molecule has 0 saturated heterocycles. The van der Waals surface area contributed by atoms with Crippen molar-refractivity contribution in [1.82, 2.24) is 24.9 Å². The Morgan fingerprint density at radius 2 is 1.95 bits per heavy atom. The Morgan fingerprint density at radius 3 is 2.43 bits per heavy atom. The summed E-state index contributed by atoms with van der Waals surface area (Å²) < 4.78 is 40.7. The lowest BCUT2D eigenvalue weighted by Gasteiger charge is -2.12. The van der Waals surface area contributed by atoms with Crippen LogP contribution in [0.3, 0.4) is 0 Å². The van der Waals surface area contributed by atoms with Crippen LogP contribution in [0.25, 0.3) is 0 Å². The number of alkyl halides is 3. The number of rotatable bonds is 4. The van der Waals surface area contributed by atoms with E-state index in [-0.39, 0.29) is 12.6 Å². The lowest BCUT2D eigenvalue weighted by Crippen LogP contribution is -2.19. The van der Waals surface area contributed by atoms with Crippen LogP contribution in [0.4, 0.5) is 13.2 Å². The predicted octanol–water partition coefficient (Wildman–Crippen LogP) is 2.33. The number of nitrogens with one attached hydrogen (secondary N) is 1. The van der Waals surface area contributed by atoms with Gasteiger partial charge in [0, 0.05) is 37.9 Å². The summed E-state index contributed by atoms with van der Waals surface area (Å²) >= 11 is 0. The first kappa shape index (κ1) is 15.6. The van der Waals surface area contributed by atoms with Crippen LogP contribution >= 0.6 is 0 Å². The highest BCUT2D eigenvalue weighted by Crippen LogP contribution is 2.29. The van der Waals surface area contributed by atoms with E-state index in [1.54, 1.807) is 10.9 Å². The topological polar surface area (TPSA) is 47.7 Å². The second-order valence-electron chi connectivity index (χ2n) is 5.05. The van der Waals surface area contributed by atoms with E-state index in [2.05, 4.69) is 15.5 Å². The molecule has 0 amide bonds. The van der Waals surface area contributed by atoms with Gasteiger partial charge in [-0.25, -0.2) is 0 Å². The molecule has 0 fully saturated rings. The van der Waals surface area contributed by atoms with Crippen molar-refractivity contribution in [2.75, 3.05) is 0 Å². The largest absolute Gasteiger partial charge is 0.433 e. The van der Waals surface area contributed by atoms with Gasteiger partial charge in [0.2, 0.25) is 0 Å². The number of aryl methyl sites for hydroxylation is 2. The fourth-order valence-corrected chi connectivity index (χ4v) is 2.19. The van der Waals surface area contributed by atoms with Crippen LogP contribution in [0.1, 0.15) is 35.6 Å². The molecule has 2 rings (SSSR count). The van der Waals surface area contributed by atoms with E-state index in [4.69, 9.17) is 0 Å². The van der Waals surface area contributed by atoms with Crippen LogP contribution in [0.15, 0.2) is 12.3 Å². The second kappa shape index (κ2) is 5.51. The Kier molecular flexibility index (Phi) is 4.08. The summed E-state index contributed by atoms with van der Waals surface area (Å²) in [4.78, 5) is 0. The van der Waals surface area contributed by atoms with E-state index in [9.17, 15) is 13.2 Å². The molecule has 0 saturated carbocycles. The van der Waals surface area contributed by atoms with Gasteiger partial charge in [-0.05, 0) is 19.9 Å². The van der Waals surface area contributed by atoms with Crippen molar-refractivity contribution in [2.45, 2.75) is 32.6 Å². The SMILES string of the molecule is Cc1c(C(C)NCc2cc(C(F)(F)F)n(C)n2)cnn1C. The van der Waals surface area contributed by atoms with Crippen LogP contribution in [-0.2, 0) is 26.8 Å². The number of aromatic nitrogens is 4. The Morgan fingerprint density at radius 1 is 1.29 bits per heavy atom. The standard InChI is InChI=1S/C13H18F3N5/c1-8(11-7-18-20(3)9(11)2)17-6-10-5-12(13(14,15)16)21(4)19-10/h5,7-8,17H,6H2,1-4H3. The van der Waals surface area contributed by atoms with Crippen LogP contribution in [0, 0.1) is 6.92 Å². The van der Waals surface area contributed by atoms with E-state index in [1.165, 1.54) is 7.05 Å². The monoisotopic (exact) mass is 301 g/mol. The highest BCUT2D eigenvalue weighted by Gasteiger charge is 2.34. The zero-order valence-electron chi connectivity index (χ0n) is 12.4. The fourth-order valence-electron chi connectivity index (χ4n) is 2.19. The maximum absolute atomic E-state index is 12.7. The third-order valence-electron chi connectivity index (χ3n) is 3.55. The predicted molar refractivity (Wildman–Crippen MR) is 71.4 cm³/mol. The van der Waals surface area contributed by atoms with Crippen molar-refractivity contribution >= 4 is 0 Å². The summed E-state index contributed by atoms with van der Waals surface area (Å²) in [5.41, 5.74) is 1.65. The maximum atomic E-state index is 12.7. The Bertz CT molecular complexity index is 626. The molecular weight excluding hydrogens is 283 g/mol. The minimum Gasteiger partial charge on any atom is -0.304 e. The number of hydrogen-bond donors (Lipinski definition) is 1. The molecule has 2 aromatic heterocycles. The summed E-state index contributed by atoms with van der Waals surface area (Å²) in [6, 6.07) is 1.05. The molecule has 1 unspecified atom stereocenters. The molecule has 0 spiro atoms. The molecule has 2 heterocycles. The van der Waals surface area contributed by atoms with Crippen molar-refractivity contribution in [2.24, 2.45) is 14.1 Å². The van der Waals surface area contributed by atoms with Gasteiger partial charge in [-0.1, -0.05) is 0 Å². The van der Waals surface area contributed by atoms with Gasteiger partial charge >= 0.3 is 6.18 Å². The third kappa shape index (κ3) is 3.26. The quantitative estimate of drug-likeness (QED) is 0.943. The van der Waals surface area contributed by atoms with E-state index in [0.29, 0.717) is 5.69 Å². The number of halogens is 3. The second-order valence-corrected chi connectivity index (χ2v) is 5.05. The van der Waals surface area contributed by atoms with Crippen LogP contribution in [0.2, 0.25) is 0 Å². The van der Waals surface area contributed by atoms with Gasteiger partial charge in [-0.2, -0.15) is 23.4 Å². The molecule has 0 aromatic carbocycles. The average molecular weight is 301 g/mol. The van der Waals surface area contributed by atoms with Crippen LogP contribution < -0.4 is 5.32 Å². The van der Waals surface area contributed by atoms with E-state index >= 15 is 0 Å². The summed E-state index contributed by atoms with van der Waals surface area (Å²) in [6.07, 6.45) is -2.63. The third-order valence-corrected chi connectivity index (χ3v) is 3.55. The molecular formula is C13H18F3N5. The molecule has 0 aliphatic carbocycles. The molecule has 0 radical (unpaired) electrons. The Hall–Kier alpha value is -1.83. The highest BCUT2D eigenvalue weighted by molar-refractivity contribution is 5.20. The molecule has 0 bridgehead atoms. The molecule has 1 N–H and O–H groups in total. The molecule has 8 heteroatoms.